The van der Waals surface area contributed by atoms with Gasteiger partial charge in [-0.25, -0.2) is 0 Å². The molecule has 1 aliphatic rings. The maximum absolute atomic E-state index is 12.2. The summed E-state index contributed by atoms with van der Waals surface area (Å²) in [6, 6.07) is 6.59. The molecule has 0 saturated heterocycles. The van der Waals surface area contributed by atoms with Gasteiger partial charge < -0.3 is 11.1 Å². The second-order valence-corrected chi connectivity index (χ2v) is 5.49. The maximum Gasteiger partial charge on any atom is 0.253 e. The SMILES string of the molecule is Cc1cccc(N)c1C(=O)NCC(C)N(C)C1CC1. The Kier molecular flexibility index (Phi) is 4.10. The van der Waals surface area contributed by atoms with E-state index in [1.807, 2.05) is 19.1 Å². The number of nitrogen functional groups attached to an aromatic ring is 1. The normalized spacial score (nSPS) is 16.4. The largest absolute Gasteiger partial charge is 0.398 e. The van der Waals surface area contributed by atoms with Crippen molar-refractivity contribution in [2.24, 2.45) is 0 Å². The van der Waals surface area contributed by atoms with Crippen molar-refractivity contribution in [3.8, 4) is 0 Å². The van der Waals surface area contributed by atoms with Gasteiger partial charge >= 0.3 is 0 Å². The molecule has 1 unspecified atom stereocenters. The number of amides is 1. The van der Waals surface area contributed by atoms with Gasteiger partial charge in [0.1, 0.15) is 0 Å². The van der Waals surface area contributed by atoms with Crippen LogP contribution in [0.25, 0.3) is 0 Å². The van der Waals surface area contributed by atoms with Gasteiger partial charge in [-0.3, -0.25) is 9.69 Å². The molecule has 1 amide bonds. The monoisotopic (exact) mass is 261 g/mol. The number of nitrogens with two attached hydrogens (primary N) is 1. The minimum atomic E-state index is -0.0772. The van der Waals surface area contributed by atoms with E-state index >= 15 is 0 Å². The molecule has 0 aliphatic heterocycles. The summed E-state index contributed by atoms with van der Waals surface area (Å²) < 4.78 is 0. The number of hydrogen-bond donors (Lipinski definition) is 2. The first-order chi connectivity index (χ1) is 9.00. The average Bonchev–Trinajstić information content (AvgIpc) is 3.19. The summed E-state index contributed by atoms with van der Waals surface area (Å²) in [5.74, 6) is -0.0772. The predicted molar refractivity (Wildman–Crippen MR) is 78.2 cm³/mol. The van der Waals surface area contributed by atoms with Crippen LogP contribution in [0.15, 0.2) is 18.2 Å². The van der Waals surface area contributed by atoms with Gasteiger partial charge in [-0.2, -0.15) is 0 Å². The quantitative estimate of drug-likeness (QED) is 0.794. The van der Waals surface area contributed by atoms with E-state index in [2.05, 4.69) is 24.2 Å². The van der Waals surface area contributed by atoms with E-state index < -0.39 is 0 Å². The van der Waals surface area contributed by atoms with Crippen molar-refractivity contribution in [3.05, 3.63) is 29.3 Å². The summed E-state index contributed by atoms with van der Waals surface area (Å²) in [7, 11) is 2.12. The summed E-state index contributed by atoms with van der Waals surface area (Å²) in [5, 5.41) is 2.98. The molecule has 4 nitrogen and oxygen atoms in total. The third-order valence-corrected chi connectivity index (χ3v) is 3.91. The molecule has 2 rings (SSSR count). The van der Waals surface area contributed by atoms with Gasteiger partial charge in [0.15, 0.2) is 0 Å². The van der Waals surface area contributed by atoms with Crippen molar-refractivity contribution in [1.82, 2.24) is 10.2 Å². The lowest BCUT2D eigenvalue weighted by Crippen LogP contribution is -2.41. The van der Waals surface area contributed by atoms with Crippen molar-refractivity contribution in [3.63, 3.8) is 0 Å². The van der Waals surface area contributed by atoms with Gasteiger partial charge in [-0.15, -0.1) is 0 Å². The lowest BCUT2D eigenvalue weighted by molar-refractivity contribution is 0.0940. The Morgan fingerprint density at radius 2 is 2.21 bits per heavy atom. The molecular formula is C15H23N3O. The predicted octanol–water partition coefficient (Wildman–Crippen LogP) is 1.79. The van der Waals surface area contributed by atoms with E-state index in [-0.39, 0.29) is 5.91 Å². The Morgan fingerprint density at radius 1 is 1.53 bits per heavy atom. The summed E-state index contributed by atoms with van der Waals surface area (Å²) in [6.07, 6.45) is 2.55. The smallest absolute Gasteiger partial charge is 0.253 e. The van der Waals surface area contributed by atoms with E-state index in [0.717, 1.165) is 5.56 Å². The summed E-state index contributed by atoms with van der Waals surface area (Å²) >= 11 is 0. The molecule has 1 aliphatic carbocycles. The van der Waals surface area contributed by atoms with Crippen molar-refractivity contribution in [2.45, 2.75) is 38.8 Å². The van der Waals surface area contributed by atoms with Crippen LogP contribution in [-0.4, -0.2) is 36.5 Å². The number of benzene rings is 1. The van der Waals surface area contributed by atoms with Crippen LogP contribution in [0.2, 0.25) is 0 Å². The zero-order valence-corrected chi connectivity index (χ0v) is 11.9. The number of nitrogens with one attached hydrogen (secondary N) is 1. The number of likely N-dealkylation sites (N-methyl/N-ethyl adjacent to an activating group) is 1. The van der Waals surface area contributed by atoms with Crippen LogP contribution in [0.4, 0.5) is 5.69 Å². The molecule has 1 fully saturated rings. The fourth-order valence-corrected chi connectivity index (χ4v) is 2.32. The third kappa shape index (κ3) is 3.26. The Hall–Kier alpha value is -1.55. The second-order valence-electron chi connectivity index (χ2n) is 5.49. The van der Waals surface area contributed by atoms with Gasteiger partial charge in [-0.05, 0) is 45.4 Å². The van der Waals surface area contributed by atoms with E-state index in [1.165, 1.54) is 12.8 Å². The first-order valence-electron chi connectivity index (χ1n) is 6.86. The Balaban J connectivity index is 1.93. The van der Waals surface area contributed by atoms with E-state index in [9.17, 15) is 4.79 Å². The standard InChI is InChI=1S/C15H23N3O/c1-10-5-4-6-13(16)14(10)15(19)17-9-11(2)18(3)12-7-8-12/h4-6,11-12H,7-9,16H2,1-3H3,(H,17,19). The molecule has 0 heterocycles. The summed E-state index contributed by atoms with van der Waals surface area (Å²) in [4.78, 5) is 14.5. The lowest BCUT2D eigenvalue weighted by Gasteiger charge is -2.24. The van der Waals surface area contributed by atoms with Crippen molar-refractivity contribution in [1.29, 1.82) is 0 Å². The topological polar surface area (TPSA) is 58.4 Å². The zero-order valence-electron chi connectivity index (χ0n) is 11.9. The zero-order chi connectivity index (χ0) is 14.0. The van der Waals surface area contributed by atoms with E-state index in [4.69, 9.17) is 5.73 Å². The fourth-order valence-electron chi connectivity index (χ4n) is 2.32. The minimum Gasteiger partial charge on any atom is -0.398 e. The molecule has 0 radical (unpaired) electrons. The van der Waals surface area contributed by atoms with Crippen molar-refractivity contribution in [2.75, 3.05) is 19.3 Å². The average molecular weight is 261 g/mol. The number of carbonyl (C=O) groups excluding carboxylic acids is 1. The summed E-state index contributed by atoms with van der Waals surface area (Å²) in [6.45, 7) is 4.70. The second kappa shape index (κ2) is 5.61. The third-order valence-electron chi connectivity index (χ3n) is 3.91. The van der Waals surface area contributed by atoms with E-state index in [0.29, 0.717) is 29.9 Å². The van der Waals surface area contributed by atoms with Gasteiger partial charge in [0.25, 0.3) is 5.91 Å². The van der Waals surface area contributed by atoms with Gasteiger partial charge in [0, 0.05) is 24.3 Å². The number of nitrogens with zero attached hydrogens (tertiary/aromatic N) is 1. The summed E-state index contributed by atoms with van der Waals surface area (Å²) in [5.41, 5.74) is 7.94. The highest BCUT2D eigenvalue weighted by atomic mass is 16.1. The molecule has 4 heteroatoms. The van der Waals surface area contributed by atoms with Crippen LogP contribution >= 0.6 is 0 Å². The fraction of sp³-hybridized carbons (Fsp3) is 0.533. The van der Waals surface area contributed by atoms with Crippen LogP contribution in [0.3, 0.4) is 0 Å². The number of aryl methyl sites for hydroxylation is 1. The van der Waals surface area contributed by atoms with E-state index in [1.54, 1.807) is 6.07 Å². The highest BCUT2D eigenvalue weighted by Gasteiger charge is 2.29. The lowest BCUT2D eigenvalue weighted by atomic mass is 10.1. The molecule has 19 heavy (non-hydrogen) atoms. The van der Waals surface area contributed by atoms with Gasteiger partial charge in [-0.1, -0.05) is 12.1 Å². The van der Waals surface area contributed by atoms with Crippen LogP contribution in [0.5, 0.6) is 0 Å². The molecule has 1 aromatic rings. The molecule has 0 aromatic heterocycles. The van der Waals surface area contributed by atoms with Gasteiger partial charge in [0.05, 0.1) is 5.56 Å². The molecule has 1 aromatic carbocycles. The molecule has 3 N–H and O–H groups in total. The van der Waals surface area contributed by atoms with Crippen LogP contribution in [0.1, 0.15) is 35.7 Å². The first-order valence-corrected chi connectivity index (χ1v) is 6.86. The molecular weight excluding hydrogens is 238 g/mol. The molecule has 1 atom stereocenters. The van der Waals surface area contributed by atoms with Crippen molar-refractivity contribution >= 4 is 11.6 Å². The number of rotatable bonds is 5. The highest BCUT2D eigenvalue weighted by molar-refractivity contribution is 6.00. The van der Waals surface area contributed by atoms with Crippen molar-refractivity contribution < 1.29 is 4.79 Å². The highest BCUT2D eigenvalue weighted by Crippen LogP contribution is 2.26. The Bertz CT molecular complexity index is 448. The first kappa shape index (κ1) is 13.9. The van der Waals surface area contributed by atoms with Crippen LogP contribution in [0, 0.1) is 6.92 Å². The van der Waals surface area contributed by atoms with Crippen LogP contribution in [-0.2, 0) is 0 Å². The number of hydrogen-bond acceptors (Lipinski definition) is 3. The number of anilines is 1. The minimum absolute atomic E-state index is 0.0772. The Labute approximate surface area is 115 Å². The molecule has 104 valence electrons. The molecule has 0 bridgehead atoms. The Morgan fingerprint density at radius 3 is 2.79 bits per heavy atom. The van der Waals surface area contributed by atoms with Gasteiger partial charge in [0.2, 0.25) is 0 Å². The molecule has 0 spiro atoms. The van der Waals surface area contributed by atoms with Crippen LogP contribution < -0.4 is 11.1 Å². The molecule has 1 saturated carbocycles. The number of carbonyl (C=O) groups is 1. The maximum atomic E-state index is 12.2.